The maximum Gasteiger partial charge on any atom is 0.274 e. The van der Waals surface area contributed by atoms with Gasteiger partial charge in [0.15, 0.2) is 12.3 Å². The number of nitrogens with zero attached hydrogens (tertiary/aromatic N) is 4. The third-order valence-electron chi connectivity index (χ3n) is 5.50. The average Bonchev–Trinajstić information content (AvgIpc) is 3.17. The maximum atomic E-state index is 12.8. The van der Waals surface area contributed by atoms with Crippen LogP contribution in [-0.4, -0.2) is 64.2 Å². The highest BCUT2D eigenvalue weighted by molar-refractivity contribution is 5.92. The largest absolute Gasteiger partial charge is 0.484 e. The highest BCUT2D eigenvalue weighted by Gasteiger charge is 2.27. The van der Waals surface area contributed by atoms with E-state index in [9.17, 15) is 9.59 Å². The van der Waals surface area contributed by atoms with E-state index in [1.807, 2.05) is 41.9 Å². The van der Waals surface area contributed by atoms with E-state index in [1.54, 1.807) is 9.80 Å². The summed E-state index contributed by atoms with van der Waals surface area (Å²) in [5.74, 6) is 0.645. The Balaban J connectivity index is 1.29. The molecule has 2 aliphatic heterocycles. The fourth-order valence-corrected chi connectivity index (χ4v) is 3.79. The summed E-state index contributed by atoms with van der Waals surface area (Å²) in [7, 11) is 0. The quantitative estimate of drug-likeness (QED) is 0.810. The van der Waals surface area contributed by atoms with E-state index in [2.05, 4.69) is 5.10 Å². The third kappa shape index (κ3) is 3.88. The smallest absolute Gasteiger partial charge is 0.274 e. The van der Waals surface area contributed by atoms with Crippen molar-refractivity contribution in [2.45, 2.75) is 32.7 Å². The predicted octanol–water partition coefficient (Wildman–Crippen LogP) is 1.89. The van der Waals surface area contributed by atoms with Gasteiger partial charge in [-0.15, -0.1) is 0 Å². The second-order valence-electron chi connectivity index (χ2n) is 7.43. The summed E-state index contributed by atoms with van der Waals surface area (Å²) in [4.78, 5) is 28.8. The molecule has 7 nitrogen and oxygen atoms in total. The predicted molar refractivity (Wildman–Crippen MR) is 104 cm³/mol. The molecule has 2 aromatic rings. The zero-order valence-corrected chi connectivity index (χ0v) is 16.3. The number of amides is 2. The van der Waals surface area contributed by atoms with Crippen LogP contribution in [0.3, 0.4) is 0 Å². The monoisotopic (exact) mass is 382 g/mol. The zero-order valence-electron chi connectivity index (χ0n) is 16.3. The van der Waals surface area contributed by atoms with Crippen LogP contribution in [0, 0.1) is 6.92 Å². The molecule has 0 unspecified atom stereocenters. The summed E-state index contributed by atoms with van der Waals surface area (Å²) in [5, 5.41) is 4.48. The van der Waals surface area contributed by atoms with Crippen molar-refractivity contribution in [1.29, 1.82) is 0 Å². The topological polar surface area (TPSA) is 67.7 Å². The van der Waals surface area contributed by atoms with E-state index < -0.39 is 0 Å². The molecule has 0 aliphatic carbocycles. The van der Waals surface area contributed by atoms with Gasteiger partial charge >= 0.3 is 0 Å². The number of aromatic nitrogens is 2. The molecule has 0 saturated carbocycles. The Morgan fingerprint density at radius 1 is 1.04 bits per heavy atom. The second kappa shape index (κ2) is 8.04. The fraction of sp³-hybridized carbons (Fsp3) is 0.476. The molecule has 0 atom stereocenters. The van der Waals surface area contributed by atoms with Gasteiger partial charge in [0, 0.05) is 38.4 Å². The van der Waals surface area contributed by atoms with E-state index in [4.69, 9.17) is 4.74 Å². The molecule has 0 N–H and O–H groups in total. The number of piperazine rings is 1. The fourth-order valence-electron chi connectivity index (χ4n) is 3.79. The van der Waals surface area contributed by atoms with Crippen molar-refractivity contribution >= 4 is 11.8 Å². The Kier molecular flexibility index (Phi) is 5.32. The van der Waals surface area contributed by atoms with Gasteiger partial charge in [-0.1, -0.05) is 18.2 Å². The Morgan fingerprint density at radius 3 is 2.54 bits per heavy atom. The SMILES string of the molecule is Cc1ccccc1OCC(=O)N1CCN(C(=O)c2cc3n(n2)CCCC3)CC1. The molecule has 1 aromatic heterocycles. The zero-order chi connectivity index (χ0) is 19.5. The van der Waals surface area contributed by atoms with E-state index in [0.717, 1.165) is 42.8 Å². The van der Waals surface area contributed by atoms with Gasteiger partial charge in [0.2, 0.25) is 0 Å². The van der Waals surface area contributed by atoms with Crippen LogP contribution in [0.5, 0.6) is 5.75 Å². The maximum absolute atomic E-state index is 12.8. The molecule has 2 amide bonds. The minimum Gasteiger partial charge on any atom is -0.484 e. The summed E-state index contributed by atoms with van der Waals surface area (Å²) in [6.07, 6.45) is 3.27. The van der Waals surface area contributed by atoms with Gasteiger partial charge in [-0.2, -0.15) is 5.10 Å². The third-order valence-corrected chi connectivity index (χ3v) is 5.50. The highest BCUT2D eigenvalue weighted by atomic mass is 16.5. The molecule has 2 aliphatic rings. The van der Waals surface area contributed by atoms with Gasteiger partial charge in [0.05, 0.1) is 0 Å². The summed E-state index contributed by atoms with van der Waals surface area (Å²) < 4.78 is 7.62. The summed E-state index contributed by atoms with van der Waals surface area (Å²) in [6, 6.07) is 9.58. The van der Waals surface area contributed by atoms with E-state index in [0.29, 0.717) is 31.9 Å². The van der Waals surface area contributed by atoms with Crippen molar-refractivity contribution in [3.8, 4) is 5.75 Å². The van der Waals surface area contributed by atoms with Crippen LogP contribution in [0.15, 0.2) is 30.3 Å². The number of carbonyl (C=O) groups excluding carboxylic acids is 2. The van der Waals surface area contributed by atoms with Gasteiger partial charge in [-0.05, 0) is 43.9 Å². The number of para-hydroxylation sites is 1. The highest BCUT2D eigenvalue weighted by Crippen LogP contribution is 2.18. The van der Waals surface area contributed by atoms with E-state index in [-0.39, 0.29) is 18.4 Å². The molecular weight excluding hydrogens is 356 g/mol. The molecule has 0 radical (unpaired) electrons. The molecule has 28 heavy (non-hydrogen) atoms. The molecule has 0 bridgehead atoms. The molecule has 0 spiro atoms. The lowest BCUT2D eigenvalue weighted by Gasteiger charge is -2.34. The van der Waals surface area contributed by atoms with Gasteiger partial charge in [0.1, 0.15) is 5.75 Å². The van der Waals surface area contributed by atoms with Gasteiger partial charge in [-0.25, -0.2) is 0 Å². The van der Waals surface area contributed by atoms with Crippen LogP contribution in [0.1, 0.15) is 34.6 Å². The normalized spacial score (nSPS) is 16.6. The number of rotatable bonds is 4. The summed E-state index contributed by atoms with van der Waals surface area (Å²) >= 11 is 0. The minimum atomic E-state index is -0.0483. The van der Waals surface area contributed by atoms with Crippen LogP contribution >= 0.6 is 0 Å². The Labute approximate surface area is 164 Å². The van der Waals surface area contributed by atoms with Gasteiger partial charge < -0.3 is 14.5 Å². The van der Waals surface area contributed by atoms with Gasteiger partial charge in [-0.3, -0.25) is 14.3 Å². The van der Waals surface area contributed by atoms with Crippen molar-refractivity contribution in [3.63, 3.8) is 0 Å². The first-order valence-electron chi connectivity index (χ1n) is 9.94. The van der Waals surface area contributed by atoms with Crippen molar-refractivity contribution in [2.75, 3.05) is 32.8 Å². The van der Waals surface area contributed by atoms with Crippen molar-refractivity contribution in [1.82, 2.24) is 19.6 Å². The number of hydrogen-bond donors (Lipinski definition) is 0. The average molecular weight is 382 g/mol. The summed E-state index contributed by atoms with van der Waals surface area (Å²) in [6.45, 7) is 4.97. The van der Waals surface area contributed by atoms with Crippen LogP contribution in [0.25, 0.3) is 0 Å². The van der Waals surface area contributed by atoms with Crippen LogP contribution in [-0.2, 0) is 17.8 Å². The molecule has 1 aromatic carbocycles. The lowest BCUT2D eigenvalue weighted by molar-refractivity contribution is -0.134. The van der Waals surface area contributed by atoms with Crippen LogP contribution in [0.2, 0.25) is 0 Å². The van der Waals surface area contributed by atoms with Crippen LogP contribution < -0.4 is 4.74 Å². The Hall–Kier alpha value is -2.83. The standard InChI is InChI=1S/C21H26N4O3/c1-16-6-2-3-8-19(16)28-15-20(26)23-10-12-24(13-11-23)21(27)18-14-17-7-4-5-9-25(17)22-18/h2-3,6,8,14H,4-5,7,9-13,15H2,1H3. The molecule has 3 heterocycles. The van der Waals surface area contributed by atoms with Crippen molar-refractivity contribution < 1.29 is 14.3 Å². The molecule has 1 fully saturated rings. The molecule has 7 heteroatoms. The number of ether oxygens (including phenoxy) is 1. The van der Waals surface area contributed by atoms with Gasteiger partial charge in [0.25, 0.3) is 11.8 Å². The summed E-state index contributed by atoms with van der Waals surface area (Å²) in [5.41, 5.74) is 2.69. The lowest BCUT2D eigenvalue weighted by Crippen LogP contribution is -2.51. The van der Waals surface area contributed by atoms with Crippen molar-refractivity contribution in [3.05, 3.63) is 47.3 Å². The number of hydrogen-bond acceptors (Lipinski definition) is 4. The van der Waals surface area contributed by atoms with Crippen LogP contribution in [0.4, 0.5) is 0 Å². The van der Waals surface area contributed by atoms with Crippen molar-refractivity contribution in [2.24, 2.45) is 0 Å². The van der Waals surface area contributed by atoms with E-state index in [1.165, 1.54) is 0 Å². The lowest BCUT2D eigenvalue weighted by atomic mass is 10.1. The number of carbonyl (C=O) groups is 2. The molecule has 4 rings (SSSR count). The number of benzene rings is 1. The Bertz CT molecular complexity index is 845. The molecular formula is C21H26N4O3. The number of fused-ring (bicyclic) bond motifs is 1. The molecule has 1 saturated heterocycles. The second-order valence-corrected chi connectivity index (χ2v) is 7.43. The number of aryl methyl sites for hydroxylation is 3. The molecule has 148 valence electrons. The van der Waals surface area contributed by atoms with E-state index >= 15 is 0 Å². The Morgan fingerprint density at radius 2 is 1.79 bits per heavy atom. The minimum absolute atomic E-state index is 0.0204. The first kappa shape index (κ1) is 18.5. The first-order valence-corrected chi connectivity index (χ1v) is 9.94. The first-order chi connectivity index (χ1) is 13.6.